The van der Waals surface area contributed by atoms with Gasteiger partial charge in [-0.2, -0.15) is 10.4 Å². The SMILES string of the molecule is CN(C)C(=O)c1sc(NCc2cnn(C)c2)c(C#N)c1N. The number of carbonyl (C=O) groups excluding carboxylic acids is 1. The molecule has 0 fully saturated rings. The smallest absolute Gasteiger partial charge is 0.265 e. The predicted octanol–water partition coefficient (Wildman–Crippen LogP) is 1.25. The van der Waals surface area contributed by atoms with E-state index in [1.54, 1.807) is 25.0 Å². The summed E-state index contributed by atoms with van der Waals surface area (Å²) in [6.07, 6.45) is 3.61. The lowest BCUT2D eigenvalue weighted by molar-refractivity contribution is 0.0833. The molecule has 2 aromatic heterocycles. The molecule has 0 aliphatic heterocycles. The number of anilines is 2. The third-order valence-electron chi connectivity index (χ3n) is 2.87. The highest BCUT2D eigenvalue weighted by Crippen LogP contribution is 2.35. The molecule has 2 heterocycles. The van der Waals surface area contributed by atoms with Crippen molar-refractivity contribution in [2.75, 3.05) is 25.1 Å². The summed E-state index contributed by atoms with van der Waals surface area (Å²) in [4.78, 5) is 13.8. The third-order valence-corrected chi connectivity index (χ3v) is 4.02. The standard InChI is InChI=1S/C13H16N6OS/c1-18(2)13(20)11-10(15)9(4-14)12(21-11)16-5-8-6-17-19(3)7-8/h6-7,16H,5,15H2,1-3H3. The van der Waals surface area contributed by atoms with Gasteiger partial charge in [-0.1, -0.05) is 0 Å². The number of hydrogen-bond acceptors (Lipinski definition) is 6. The van der Waals surface area contributed by atoms with E-state index >= 15 is 0 Å². The summed E-state index contributed by atoms with van der Waals surface area (Å²) in [5, 5.41) is 17.0. The Balaban J connectivity index is 2.25. The molecule has 0 spiro atoms. The third kappa shape index (κ3) is 2.98. The fraction of sp³-hybridized carbons (Fsp3) is 0.308. The molecule has 0 aliphatic rings. The van der Waals surface area contributed by atoms with Crippen molar-refractivity contribution >= 4 is 27.9 Å². The number of nitriles is 1. The normalized spacial score (nSPS) is 10.2. The number of nitrogen functional groups attached to an aromatic ring is 1. The van der Waals surface area contributed by atoms with Gasteiger partial charge in [0.1, 0.15) is 21.5 Å². The molecule has 0 saturated heterocycles. The number of nitrogens with zero attached hydrogens (tertiary/aromatic N) is 4. The molecular formula is C13H16N6OS. The Morgan fingerprint density at radius 2 is 2.33 bits per heavy atom. The first-order valence-electron chi connectivity index (χ1n) is 6.19. The summed E-state index contributed by atoms with van der Waals surface area (Å²) in [5.74, 6) is -0.205. The summed E-state index contributed by atoms with van der Waals surface area (Å²) < 4.78 is 1.70. The van der Waals surface area contributed by atoms with Crippen molar-refractivity contribution in [3.05, 3.63) is 28.4 Å². The van der Waals surface area contributed by atoms with Crippen molar-refractivity contribution in [2.24, 2.45) is 7.05 Å². The Kier molecular flexibility index (Phi) is 4.14. The van der Waals surface area contributed by atoms with Gasteiger partial charge in [-0.3, -0.25) is 9.48 Å². The molecule has 0 aromatic carbocycles. The molecule has 21 heavy (non-hydrogen) atoms. The molecular weight excluding hydrogens is 288 g/mol. The zero-order valence-electron chi connectivity index (χ0n) is 12.0. The van der Waals surface area contributed by atoms with Gasteiger partial charge in [0.05, 0.1) is 11.9 Å². The Morgan fingerprint density at radius 1 is 1.62 bits per heavy atom. The van der Waals surface area contributed by atoms with Gasteiger partial charge in [-0.15, -0.1) is 11.3 Å². The number of aryl methyl sites for hydroxylation is 1. The number of hydrogen-bond donors (Lipinski definition) is 2. The number of nitrogens with two attached hydrogens (primary N) is 1. The topological polar surface area (TPSA) is 100.0 Å². The van der Waals surface area contributed by atoms with E-state index in [-0.39, 0.29) is 11.6 Å². The second-order valence-corrected chi connectivity index (χ2v) is 5.76. The number of aromatic nitrogens is 2. The molecule has 0 radical (unpaired) electrons. The number of nitrogens with one attached hydrogen (secondary N) is 1. The van der Waals surface area contributed by atoms with Gasteiger partial charge in [-0.05, 0) is 0 Å². The van der Waals surface area contributed by atoms with Crippen molar-refractivity contribution in [1.82, 2.24) is 14.7 Å². The maximum Gasteiger partial charge on any atom is 0.265 e. The number of carbonyl (C=O) groups is 1. The first kappa shape index (κ1) is 14.9. The summed E-state index contributed by atoms with van der Waals surface area (Å²) in [7, 11) is 5.13. The van der Waals surface area contributed by atoms with Crippen LogP contribution in [-0.4, -0.2) is 34.7 Å². The number of thiophene rings is 1. The summed E-state index contributed by atoms with van der Waals surface area (Å²) in [5.41, 5.74) is 7.44. The van der Waals surface area contributed by atoms with Crippen molar-refractivity contribution in [3.63, 3.8) is 0 Å². The summed E-state index contributed by atoms with van der Waals surface area (Å²) >= 11 is 1.20. The second-order valence-electron chi connectivity index (χ2n) is 4.74. The zero-order chi connectivity index (χ0) is 15.6. The molecule has 8 heteroatoms. The van der Waals surface area contributed by atoms with Gasteiger partial charge in [-0.25, -0.2) is 0 Å². The minimum Gasteiger partial charge on any atom is -0.396 e. The molecule has 0 aliphatic carbocycles. The minimum atomic E-state index is -0.205. The van der Waals surface area contributed by atoms with Crippen LogP contribution in [0.15, 0.2) is 12.4 Å². The molecule has 2 rings (SSSR count). The quantitative estimate of drug-likeness (QED) is 0.885. The van der Waals surface area contributed by atoms with Crippen molar-refractivity contribution in [2.45, 2.75) is 6.54 Å². The Bertz CT molecular complexity index is 709. The van der Waals surface area contributed by atoms with Gasteiger partial charge in [0.15, 0.2) is 0 Å². The van der Waals surface area contributed by atoms with Gasteiger partial charge < -0.3 is 16.0 Å². The van der Waals surface area contributed by atoms with Crippen LogP contribution in [0, 0.1) is 11.3 Å². The maximum absolute atomic E-state index is 12.0. The van der Waals surface area contributed by atoms with Crippen LogP contribution < -0.4 is 11.1 Å². The molecule has 0 atom stereocenters. The van der Waals surface area contributed by atoms with Crippen LogP contribution in [-0.2, 0) is 13.6 Å². The van der Waals surface area contributed by atoms with E-state index < -0.39 is 0 Å². The van der Waals surface area contributed by atoms with Crippen LogP contribution in [0.1, 0.15) is 20.8 Å². The van der Waals surface area contributed by atoms with Crippen LogP contribution in [0.5, 0.6) is 0 Å². The van der Waals surface area contributed by atoms with E-state index in [1.807, 2.05) is 13.2 Å². The van der Waals surface area contributed by atoms with Crippen LogP contribution in [0.4, 0.5) is 10.7 Å². The van der Waals surface area contributed by atoms with Crippen LogP contribution in [0.3, 0.4) is 0 Å². The second kappa shape index (κ2) is 5.85. The molecule has 0 bridgehead atoms. The van der Waals surface area contributed by atoms with E-state index in [1.165, 1.54) is 16.2 Å². The van der Waals surface area contributed by atoms with E-state index in [0.29, 0.717) is 22.0 Å². The van der Waals surface area contributed by atoms with Gasteiger partial charge in [0.2, 0.25) is 0 Å². The van der Waals surface area contributed by atoms with E-state index in [4.69, 9.17) is 5.73 Å². The summed E-state index contributed by atoms with van der Waals surface area (Å²) in [6, 6.07) is 2.05. The molecule has 0 unspecified atom stereocenters. The number of rotatable bonds is 4. The first-order chi connectivity index (χ1) is 9.93. The molecule has 3 N–H and O–H groups in total. The van der Waals surface area contributed by atoms with Crippen LogP contribution >= 0.6 is 11.3 Å². The largest absolute Gasteiger partial charge is 0.396 e. The minimum absolute atomic E-state index is 0.205. The Morgan fingerprint density at radius 3 is 2.86 bits per heavy atom. The fourth-order valence-corrected chi connectivity index (χ4v) is 2.87. The maximum atomic E-state index is 12.0. The summed E-state index contributed by atoms with van der Waals surface area (Å²) in [6.45, 7) is 0.512. The highest BCUT2D eigenvalue weighted by Gasteiger charge is 2.22. The lowest BCUT2D eigenvalue weighted by Gasteiger charge is -2.08. The van der Waals surface area contributed by atoms with E-state index in [9.17, 15) is 10.1 Å². The Hall–Kier alpha value is -2.53. The van der Waals surface area contributed by atoms with Crippen LogP contribution in [0.25, 0.3) is 0 Å². The molecule has 7 nitrogen and oxygen atoms in total. The van der Waals surface area contributed by atoms with Crippen LogP contribution in [0.2, 0.25) is 0 Å². The molecule has 110 valence electrons. The molecule has 2 aromatic rings. The molecule has 1 amide bonds. The average Bonchev–Trinajstić information content (AvgIpc) is 2.99. The monoisotopic (exact) mass is 304 g/mol. The fourth-order valence-electron chi connectivity index (χ4n) is 1.79. The number of amides is 1. The highest BCUT2D eigenvalue weighted by molar-refractivity contribution is 7.18. The predicted molar refractivity (Wildman–Crippen MR) is 82.0 cm³/mol. The lowest BCUT2D eigenvalue weighted by Crippen LogP contribution is -2.21. The van der Waals surface area contributed by atoms with Crippen molar-refractivity contribution < 1.29 is 4.79 Å². The van der Waals surface area contributed by atoms with E-state index in [0.717, 1.165) is 5.56 Å². The Labute approximate surface area is 126 Å². The molecule has 0 saturated carbocycles. The first-order valence-corrected chi connectivity index (χ1v) is 7.01. The van der Waals surface area contributed by atoms with Crippen molar-refractivity contribution in [3.8, 4) is 6.07 Å². The van der Waals surface area contributed by atoms with E-state index in [2.05, 4.69) is 16.5 Å². The van der Waals surface area contributed by atoms with Gasteiger partial charge in [0, 0.05) is 39.4 Å². The van der Waals surface area contributed by atoms with Crippen molar-refractivity contribution in [1.29, 1.82) is 5.26 Å². The van der Waals surface area contributed by atoms with Gasteiger partial charge in [0.25, 0.3) is 5.91 Å². The van der Waals surface area contributed by atoms with Gasteiger partial charge >= 0.3 is 0 Å². The highest BCUT2D eigenvalue weighted by atomic mass is 32.1. The lowest BCUT2D eigenvalue weighted by atomic mass is 10.2. The zero-order valence-corrected chi connectivity index (χ0v) is 12.9. The average molecular weight is 304 g/mol.